The molecule has 46 heavy (non-hydrogen) atoms. The van der Waals surface area contributed by atoms with E-state index in [4.69, 9.17) is 19.0 Å². The standard InChI is InChI=1S/C34H42N4O8/c1-5-9-24(30(40)33(42)35-23-13-14-23)36-32(41)26-19-34(18-25(37-46-34)22-10-7-6-8-11-22)20-38(26)29(39)15-12-21-16-27(43-2)31(45-4)28(17-21)44-3/h6-8,10-11,16-17,23-24,26H,5,9,12-15,18-20H2,1-4H3,(H,35,42)(H,36,41)/t24-,26-,34+/m0/s1. The zero-order chi connectivity index (χ0) is 32.8. The van der Waals surface area contributed by atoms with Crippen LogP contribution < -0.4 is 24.8 Å². The lowest BCUT2D eigenvalue weighted by Gasteiger charge is -2.26. The van der Waals surface area contributed by atoms with E-state index in [0.717, 1.165) is 29.7 Å². The molecule has 2 heterocycles. The van der Waals surface area contributed by atoms with Crippen molar-refractivity contribution in [2.75, 3.05) is 27.9 Å². The monoisotopic (exact) mass is 634 g/mol. The van der Waals surface area contributed by atoms with E-state index >= 15 is 0 Å². The minimum Gasteiger partial charge on any atom is -0.493 e. The van der Waals surface area contributed by atoms with Gasteiger partial charge in [-0.15, -0.1) is 0 Å². The molecule has 3 atom stereocenters. The highest BCUT2D eigenvalue weighted by atomic mass is 16.7. The lowest BCUT2D eigenvalue weighted by atomic mass is 9.91. The number of amides is 3. The summed E-state index contributed by atoms with van der Waals surface area (Å²) in [4.78, 5) is 60.9. The fourth-order valence-corrected chi connectivity index (χ4v) is 6.09. The van der Waals surface area contributed by atoms with Crippen molar-refractivity contribution in [3.8, 4) is 17.2 Å². The molecule has 246 valence electrons. The first-order chi connectivity index (χ1) is 22.2. The van der Waals surface area contributed by atoms with E-state index in [1.165, 1.54) is 26.2 Å². The van der Waals surface area contributed by atoms with E-state index in [1.807, 2.05) is 37.3 Å². The van der Waals surface area contributed by atoms with E-state index in [2.05, 4.69) is 15.8 Å². The molecule has 1 aliphatic carbocycles. The van der Waals surface area contributed by atoms with E-state index < -0.39 is 35.3 Å². The SMILES string of the molecule is CCC[C@H](NC(=O)[C@@H]1C[C@]2(CC(c3ccccc3)=NO2)CN1C(=O)CCc1cc(OC)c(OC)c(OC)c1)C(=O)C(=O)NC1CC1. The van der Waals surface area contributed by atoms with Gasteiger partial charge in [0.15, 0.2) is 17.1 Å². The zero-order valence-electron chi connectivity index (χ0n) is 26.8. The number of carbonyl (C=O) groups is 4. The summed E-state index contributed by atoms with van der Waals surface area (Å²) in [6.45, 7) is 2.02. The lowest BCUT2D eigenvalue weighted by molar-refractivity contribution is -0.142. The molecule has 0 radical (unpaired) electrons. The summed E-state index contributed by atoms with van der Waals surface area (Å²) in [6, 6.07) is 11.3. The van der Waals surface area contributed by atoms with Gasteiger partial charge in [0, 0.05) is 25.3 Å². The number of ketones is 1. The van der Waals surface area contributed by atoms with Gasteiger partial charge in [-0.2, -0.15) is 0 Å². The highest BCUT2D eigenvalue weighted by Gasteiger charge is 2.54. The number of Topliss-reactive ketones (excluding diaryl/α,β-unsaturated/α-hetero) is 1. The Bertz CT molecular complexity index is 1470. The second-order valence-electron chi connectivity index (χ2n) is 12.1. The maximum atomic E-state index is 13.9. The van der Waals surface area contributed by atoms with Gasteiger partial charge in [0.25, 0.3) is 5.91 Å². The average Bonchev–Trinajstić information content (AvgIpc) is 3.67. The number of hydrogen-bond acceptors (Lipinski definition) is 9. The maximum Gasteiger partial charge on any atom is 0.289 e. The number of likely N-dealkylation sites (tertiary alicyclic amines) is 1. The van der Waals surface area contributed by atoms with Crippen LogP contribution in [0.1, 0.15) is 63.0 Å². The molecule has 2 N–H and O–H groups in total. The number of benzene rings is 2. The first-order valence-electron chi connectivity index (χ1n) is 15.7. The summed E-state index contributed by atoms with van der Waals surface area (Å²) >= 11 is 0. The van der Waals surface area contributed by atoms with Crippen molar-refractivity contribution < 1.29 is 38.2 Å². The second kappa shape index (κ2) is 14.2. The predicted molar refractivity (Wildman–Crippen MR) is 169 cm³/mol. The van der Waals surface area contributed by atoms with Crippen molar-refractivity contribution in [1.82, 2.24) is 15.5 Å². The van der Waals surface area contributed by atoms with Gasteiger partial charge in [-0.3, -0.25) is 19.2 Å². The van der Waals surface area contributed by atoms with E-state index in [0.29, 0.717) is 42.9 Å². The van der Waals surface area contributed by atoms with Crippen LogP contribution in [0.5, 0.6) is 17.2 Å². The molecule has 0 bridgehead atoms. The molecule has 2 aromatic rings. The molecule has 2 aliphatic heterocycles. The molecule has 0 unspecified atom stereocenters. The van der Waals surface area contributed by atoms with Gasteiger partial charge >= 0.3 is 0 Å². The van der Waals surface area contributed by atoms with Crippen LogP contribution in [0.4, 0.5) is 0 Å². The van der Waals surface area contributed by atoms with Crippen LogP contribution in [0.3, 0.4) is 0 Å². The molecule has 12 nitrogen and oxygen atoms in total. The highest BCUT2D eigenvalue weighted by molar-refractivity contribution is 6.38. The van der Waals surface area contributed by atoms with Crippen LogP contribution in [-0.4, -0.2) is 85.7 Å². The molecule has 1 spiro atoms. The minimum atomic E-state index is -0.996. The third kappa shape index (κ3) is 7.27. The molecular weight excluding hydrogens is 592 g/mol. The van der Waals surface area contributed by atoms with Crippen LogP contribution in [-0.2, 0) is 30.4 Å². The molecule has 3 aliphatic rings. The van der Waals surface area contributed by atoms with Gasteiger partial charge in [0.1, 0.15) is 6.04 Å². The van der Waals surface area contributed by atoms with E-state index in [1.54, 1.807) is 12.1 Å². The number of ether oxygens (including phenoxy) is 3. The Hall–Kier alpha value is -4.61. The summed E-state index contributed by atoms with van der Waals surface area (Å²) in [5.41, 5.74) is 1.54. The normalized spacial score (nSPS) is 20.8. The number of hydrogen-bond donors (Lipinski definition) is 2. The minimum absolute atomic E-state index is 0.0150. The third-order valence-electron chi connectivity index (χ3n) is 8.67. The Kier molecular flexibility index (Phi) is 10.1. The Labute approximate surface area is 268 Å². The van der Waals surface area contributed by atoms with Crippen LogP contribution >= 0.6 is 0 Å². The molecular formula is C34H42N4O8. The number of nitrogens with one attached hydrogen (secondary N) is 2. The number of aryl methyl sites for hydroxylation is 1. The first-order valence-corrected chi connectivity index (χ1v) is 15.7. The van der Waals surface area contributed by atoms with Crippen molar-refractivity contribution in [3.05, 3.63) is 53.6 Å². The van der Waals surface area contributed by atoms with E-state index in [-0.39, 0.29) is 31.3 Å². The summed E-state index contributed by atoms with van der Waals surface area (Å²) in [6.07, 6.45) is 3.60. The van der Waals surface area contributed by atoms with Crippen LogP contribution in [0.2, 0.25) is 0 Å². The van der Waals surface area contributed by atoms with Crippen molar-refractivity contribution in [2.45, 2.75) is 82.0 Å². The molecule has 2 fully saturated rings. The molecule has 0 aromatic heterocycles. The number of rotatable bonds is 14. The predicted octanol–water partition coefficient (Wildman–Crippen LogP) is 2.94. The van der Waals surface area contributed by atoms with Gasteiger partial charge in [-0.1, -0.05) is 48.8 Å². The Balaban J connectivity index is 1.34. The van der Waals surface area contributed by atoms with Crippen LogP contribution in [0.15, 0.2) is 47.6 Å². The van der Waals surface area contributed by atoms with Gasteiger partial charge in [-0.25, -0.2) is 0 Å². The second-order valence-corrected chi connectivity index (χ2v) is 12.1. The number of oxime groups is 1. The Morgan fingerprint density at radius 2 is 1.74 bits per heavy atom. The quantitative estimate of drug-likeness (QED) is 0.302. The average molecular weight is 635 g/mol. The largest absolute Gasteiger partial charge is 0.493 e. The van der Waals surface area contributed by atoms with Gasteiger partial charge < -0.3 is 34.6 Å². The van der Waals surface area contributed by atoms with Crippen molar-refractivity contribution in [3.63, 3.8) is 0 Å². The van der Waals surface area contributed by atoms with Crippen molar-refractivity contribution in [2.24, 2.45) is 5.16 Å². The summed E-state index contributed by atoms with van der Waals surface area (Å²) < 4.78 is 16.3. The number of nitrogens with zero attached hydrogens (tertiary/aromatic N) is 2. The molecule has 1 saturated heterocycles. The van der Waals surface area contributed by atoms with Crippen molar-refractivity contribution >= 4 is 29.2 Å². The number of carbonyl (C=O) groups excluding carboxylic acids is 4. The van der Waals surface area contributed by atoms with Gasteiger partial charge in [0.2, 0.25) is 23.3 Å². The number of methoxy groups -OCH3 is 3. The van der Waals surface area contributed by atoms with Crippen molar-refractivity contribution in [1.29, 1.82) is 0 Å². The third-order valence-corrected chi connectivity index (χ3v) is 8.67. The van der Waals surface area contributed by atoms with Crippen LogP contribution in [0, 0.1) is 0 Å². The smallest absolute Gasteiger partial charge is 0.289 e. The molecule has 1 saturated carbocycles. The Morgan fingerprint density at radius 3 is 2.35 bits per heavy atom. The molecule has 2 aromatic carbocycles. The summed E-state index contributed by atoms with van der Waals surface area (Å²) in [7, 11) is 4.57. The molecule has 5 rings (SSSR count). The highest BCUT2D eigenvalue weighted by Crippen LogP contribution is 2.40. The summed E-state index contributed by atoms with van der Waals surface area (Å²) in [5.74, 6) is -0.724. The van der Waals surface area contributed by atoms with E-state index in [9.17, 15) is 19.2 Å². The Morgan fingerprint density at radius 1 is 1.04 bits per heavy atom. The topological polar surface area (TPSA) is 145 Å². The van der Waals surface area contributed by atoms with Gasteiger partial charge in [-0.05, 0) is 48.9 Å². The zero-order valence-corrected chi connectivity index (χ0v) is 26.8. The van der Waals surface area contributed by atoms with Gasteiger partial charge in [0.05, 0.1) is 39.6 Å². The van der Waals surface area contributed by atoms with Crippen LogP contribution in [0.25, 0.3) is 0 Å². The maximum absolute atomic E-state index is 13.9. The molecule has 3 amide bonds. The fourth-order valence-electron chi connectivity index (χ4n) is 6.09. The lowest BCUT2D eigenvalue weighted by Crippen LogP contribution is -2.53. The first kappa shape index (κ1) is 32.8. The fraction of sp³-hybridized carbons (Fsp3) is 0.500. The molecule has 12 heteroatoms. The summed E-state index contributed by atoms with van der Waals surface area (Å²) in [5, 5.41) is 9.87.